The van der Waals surface area contributed by atoms with E-state index in [1.54, 1.807) is 11.3 Å². The Morgan fingerprint density at radius 2 is 2.06 bits per heavy atom. The van der Waals surface area contributed by atoms with E-state index >= 15 is 0 Å². The molecular formula is C12H21ClN2OS. The summed E-state index contributed by atoms with van der Waals surface area (Å²) < 4.78 is 0. The van der Waals surface area contributed by atoms with Crippen molar-refractivity contribution in [3.05, 3.63) is 21.9 Å². The molecule has 2 N–H and O–H groups in total. The highest BCUT2D eigenvalue weighted by Gasteiger charge is 2.11. The minimum Gasteiger partial charge on any atom is -0.351 e. The Morgan fingerprint density at radius 1 is 1.41 bits per heavy atom. The summed E-state index contributed by atoms with van der Waals surface area (Å²) in [6.45, 7) is 5.44. The molecule has 0 saturated carbocycles. The van der Waals surface area contributed by atoms with Crippen LogP contribution in [0.25, 0.3) is 0 Å². The van der Waals surface area contributed by atoms with E-state index in [2.05, 4.69) is 29.7 Å². The molecule has 0 aromatic carbocycles. The smallest absolute Gasteiger partial charge is 0.224 e. The van der Waals surface area contributed by atoms with Crippen LogP contribution in [0.1, 0.15) is 23.6 Å². The predicted octanol–water partition coefficient (Wildman–Crippen LogP) is 2.20. The third-order valence-corrected chi connectivity index (χ3v) is 3.69. The van der Waals surface area contributed by atoms with Crippen LogP contribution in [0, 0.1) is 5.92 Å². The molecule has 17 heavy (non-hydrogen) atoms. The number of aryl methyl sites for hydroxylation is 1. The molecule has 1 rings (SSSR count). The van der Waals surface area contributed by atoms with E-state index in [0.29, 0.717) is 6.54 Å². The van der Waals surface area contributed by atoms with Gasteiger partial charge in [-0.15, -0.1) is 23.7 Å². The number of carbonyl (C=O) groups excluding carboxylic acids is 1. The van der Waals surface area contributed by atoms with Crippen molar-refractivity contribution in [3.63, 3.8) is 0 Å². The number of halogens is 1. The first-order valence-corrected chi connectivity index (χ1v) is 6.49. The highest BCUT2D eigenvalue weighted by atomic mass is 35.5. The Kier molecular flexibility index (Phi) is 8.21. The van der Waals surface area contributed by atoms with E-state index in [1.807, 2.05) is 14.0 Å². The number of hydrogen-bond acceptors (Lipinski definition) is 3. The SMILES string of the molecule is CCc1ccc(CNC(=O)C(C)CNC)s1.Cl. The molecule has 5 heteroatoms. The fraction of sp³-hybridized carbons (Fsp3) is 0.583. The standard InChI is InChI=1S/C12H20N2OS.ClH/c1-4-10-5-6-11(16-10)8-14-12(15)9(2)7-13-3;/h5-6,9,13H,4,7-8H2,1-3H3,(H,14,15);1H. The van der Waals surface area contributed by atoms with Crippen molar-refractivity contribution in [1.82, 2.24) is 10.6 Å². The normalized spacial score (nSPS) is 11.7. The van der Waals surface area contributed by atoms with Crippen LogP contribution in [0.5, 0.6) is 0 Å². The molecule has 0 spiro atoms. The summed E-state index contributed by atoms with van der Waals surface area (Å²) in [6.07, 6.45) is 1.06. The van der Waals surface area contributed by atoms with E-state index < -0.39 is 0 Å². The monoisotopic (exact) mass is 276 g/mol. The fourth-order valence-electron chi connectivity index (χ4n) is 1.45. The molecule has 1 unspecified atom stereocenters. The highest BCUT2D eigenvalue weighted by Crippen LogP contribution is 2.16. The molecule has 0 aliphatic carbocycles. The van der Waals surface area contributed by atoms with Crippen molar-refractivity contribution in [2.24, 2.45) is 5.92 Å². The van der Waals surface area contributed by atoms with Gasteiger partial charge in [0, 0.05) is 22.2 Å². The van der Waals surface area contributed by atoms with E-state index in [4.69, 9.17) is 0 Å². The molecule has 3 nitrogen and oxygen atoms in total. The van der Waals surface area contributed by atoms with Gasteiger partial charge in [0.1, 0.15) is 0 Å². The summed E-state index contributed by atoms with van der Waals surface area (Å²) >= 11 is 1.77. The fourth-order valence-corrected chi connectivity index (χ4v) is 2.35. The summed E-state index contributed by atoms with van der Waals surface area (Å²) in [7, 11) is 1.86. The summed E-state index contributed by atoms with van der Waals surface area (Å²) in [4.78, 5) is 14.2. The lowest BCUT2D eigenvalue weighted by Crippen LogP contribution is -2.33. The first-order chi connectivity index (χ1) is 7.67. The first-order valence-electron chi connectivity index (χ1n) is 5.67. The Hall–Kier alpha value is -0.580. The number of amides is 1. The van der Waals surface area contributed by atoms with Crippen LogP contribution < -0.4 is 10.6 Å². The van der Waals surface area contributed by atoms with Crippen LogP contribution in [0.4, 0.5) is 0 Å². The molecule has 1 atom stereocenters. The molecule has 1 amide bonds. The maximum atomic E-state index is 11.6. The third kappa shape index (κ3) is 5.52. The van der Waals surface area contributed by atoms with Crippen LogP contribution in [0.3, 0.4) is 0 Å². The zero-order chi connectivity index (χ0) is 12.0. The van der Waals surface area contributed by atoms with Crippen molar-refractivity contribution < 1.29 is 4.79 Å². The number of nitrogens with one attached hydrogen (secondary N) is 2. The van der Waals surface area contributed by atoms with Crippen molar-refractivity contribution >= 4 is 29.7 Å². The van der Waals surface area contributed by atoms with Crippen molar-refractivity contribution in [2.75, 3.05) is 13.6 Å². The second-order valence-electron chi connectivity index (χ2n) is 3.90. The van der Waals surface area contributed by atoms with Gasteiger partial charge in [-0.1, -0.05) is 13.8 Å². The second kappa shape index (κ2) is 8.50. The van der Waals surface area contributed by atoms with Crippen molar-refractivity contribution in [3.8, 4) is 0 Å². The average Bonchev–Trinajstić information content (AvgIpc) is 2.74. The third-order valence-electron chi connectivity index (χ3n) is 2.46. The molecule has 0 bridgehead atoms. The van der Waals surface area contributed by atoms with Crippen LogP contribution in [0.15, 0.2) is 12.1 Å². The van der Waals surface area contributed by atoms with E-state index in [-0.39, 0.29) is 24.2 Å². The Bertz CT molecular complexity index is 341. The molecule has 98 valence electrons. The average molecular weight is 277 g/mol. The lowest BCUT2D eigenvalue weighted by Gasteiger charge is -2.10. The highest BCUT2D eigenvalue weighted by molar-refractivity contribution is 7.11. The van der Waals surface area contributed by atoms with Crippen LogP contribution in [-0.4, -0.2) is 19.5 Å². The minimum atomic E-state index is 0. The van der Waals surface area contributed by atoms with Gasteiger partial charge in [0.15, 0.2) is 0 Å². The van der Waals surface area contributed by atoms with Crippen molar-refractivity contribution in [2.45, 2.75) is 26.8 Å². The minimum absolute atomic E-state index is 0. The number of rotatable bonds is 6. The van der Waals surface area contributed by atoms with Crippen LogP contribution in [0.2, 0.25) is 0 Å². The number of carbonyl (C=O) groups is 1. The lowest BCUT2D eigenvalue weighted by molar-refractivity contribution is -0.124. The second-order valence-corrected chi connectivity index (χ2v) is 5.15. The van der Waals surface area contributed by atoms with Crippen LogP contribution in [-0.2, 0) is 17.8 Å². The summed E-state index contributed by atoms with van der Waals surface area (Å²) in [5, 5.41) is 5.95. The van der Waals surface area contributed by atoms with Gasteiger partial charge in [0.25, 0.3) is 0 Å². The van der Waals surface area contributed by atoms with Gasteiger partial charge < -0.3 is 10.6 Å². The van der Waals surface area contributed by atoms with Gasteiger partial charge in [0.2, 0.25) is 5.91 Å². The molecule has 1 aromatic heterocycles. The van der Waals surface area contributed by atoms with Gasteiger partial charge in [0.05, 0.1) is 6.54 Å². The molecule has 0 aliphatic heterocycles. The quantitative estimate of drug-likeness (QED) is 0.836. The van der Waals surface area contributed by atoms with E-state index in [0.717, 1.165) is 13.0 Å². The Labute approximate surface area is 113 Å². The molecule has 0 fully saturated rings. The van der Waals surface area contributed by atoms with Gasteiger partial charge in [-0.25, -0.2) is 0 Å². The maximum Gasteiger partial charge on any atom is 0.224 e. The van der Waals surface area contributed by atoms with E-state index in [9.17, 15) is 4.79 Å². The Balaban J connectivity index is 0.00000256. The van der Waals surface area contributed by atoms with Gasteiger partial charge in [-0.3, -0.25) is 4.79 Å². The summed E-state index contributed by atoms with van der Waals surface area (Å²) in [5.74, 6) is 0.136. The van der Waals surface area contributed by atoms with Gasteiger partial charge >= 0.3 is 0 Å². The molecule has 1 heterocycles. The predicted molar refractivity (Wildman–Crippen MR) is 75.9 cm³/mol. The molecule has 1 aromatic rings. The van der Waals surface area contributed by atoms with E-state index in [1.165, 1.54) is 9.75 Å². The Morgan fingerprint density at radius 3 is 2.59 bits per heavy atom. The maximum absolute atomic E-state index is 11.6. The van der Waals surface area contributed by atoms with Crippen LogP contribution >= 0.6 is 23.7 Å². The number of thiophene rings is 1. The first kappa shape index (κ1) is 16.4. The molecule has 0 aliphatic rings. The topological polar surface area (TPSA) is 41.1 Å². The van der Waals surface area contributed by atoms with Gasteiger partial charge in [-0.2, -0.15) is 0 Å². The summed E-state index contributed by atoms with van der Waals surface area (Å²) in [6, 6.07) is 4.22. The largest absolute Gasteiger partial charge is 0.351 e. The molecule has 0 saturated heterocycles. The zero-order valence-electron chi connectivity index (χ0n) is 10.6. The summed E-state index contributed by atoms with van der Waals surface area (Å²) in [5.41, 5.74) is 0. The lowest BCUT2D eigenvalue weighted by atomic mass is 10.1. The van der Waals surface area contributed by atoms with Gasteiger partial charge in [-0.05, 0) is 25.6 Å². The zero-order valence-corrected chi connectivity index (χ0v) is 12.2. The number of hydrogen-bond donors (Lipinski definition) is 2. The molecule has 0 radical (unpaired) electrons. The molecular weight excluding hydrogens is 256 g/mol. The van der Waals surface area contributed by atoms with Crippen molar-refractivity contribution in [1.29, 1.82) is 0 Å².